The molecule has 0 saturated carbocycles. The molecular weight excluding hydrogens is 276 g/mol. The van der Waals surface area contributed by atoms with Crippen LogP contribution in [0.3, 0.4) is 0 Å². The Morgan fingerprint density at radius 3 is 2.41 bits per heavy atom. The van der Waals surface area contributed by atoms with Crippen LogP contribution in [0.15, 0.2) is 36.0 Å². The number of carbonyl (C=O) groups is 1. The van der Waals surface area contributed by atoms with E-state index in [1.54, 1.807) is 6.20 Å². The topological polar surface area (TPSA) is 47.6 Å². The molecule has 0 spiro atoms. The van der Waals surface area contributed by atoms with Crippen LogP contribution in [0, 0.1) is 0 Å². The first-order chi connectivity index (χ1) is 10.6. The van der Waals surface area contributed by atoms with E-state index in [0.717, 1.165) is 43.9 Å². The van der Waals surface area contributed by atoms with E-state index in [1.807, 2.05) is 19.1 Å². The lowest BCUT2D eigenvalue weighted by molar-refractivity contribution is 0.255. The van der Waals surface area contributed by atoms with Crippen LogP contribution in [-0.2, 0) is 0 Å². The third kappa shape index (κ3) is 4.77. The molecular formula is C17H26N4O. The molecule has 120 valence electrons. The molecule has 0 bridgehead atoms. The van der Waals surface area contributed by atoms with E-state index in [-0.39, 0.29) is 6.03 Å². The maximum atomic E-state index is 11.8. The molecule has 0 unspecified atom stereocenters. The molecule has 0 atom stereocenters. The fourth-order valence-electron chi connectivity index (χ4n) is 2.28. The van der Waals surface area contributed by atoms with Gasteiger partial charge in [-0.3, -0.25) is 0 Å². The number of piperazine rings is 1. The Labute approximate surface area is 133 Å². The molecule has 5 nitrogen and oxygen atoms in total. The molecule has 1 aromatic rings. The first kappa shape index (κ1) is 16.4. The average molecular weight is 302 g/mol. The largest absolute Gasteiger partial charge is 0.369 e. The first-order valence-corrected chi connectivity index (χ1v) is 7.85. The van der Waals surface area contributed by atoms with Gasteiger partial charge in [0.25, 0.3) is 0 Å². The van der Waals surface area contributed by atoms with Crippen molar-refractivity contribution in [3.05, 3.63) is 36.0 Å². The van der Waals surface area contributed by atoms with E-state index in [1.165, 1.54) is 5.69 Å². The van der Waals surface area contributed by atoms with Gasteiger partial charge in [0.1, 0.15) is 0 Å². The Morgan fingerprint density at radius 2 is 1.82 bits per heavy atom. The Kier molecular flexibility index (Phi) is 5.83. The first-order valence-electron chi connectivity index (χ1n) is 7.85. The van der Waals surface area contributed by atoms with Gasteiger partial charge in [-0.15, -0.1) is 0 Å². The number of hydrogen-bond donors (Lipinski definition) is 2. The number of benzene rings is 1. The van der Waals surface area contributed by atoms with E-state index in [4.69, 9.17) is 0 Å². The summed E-state index contributed by atoms with van der Waals surface area (Å²) in [5, 5.41) is 5.57. The Balaban J connectivity index is 1.88. The number of nitrogens with zero attached hydrogens (tertiary/aromatic N) is 2. The highest BCUT2D eigenvalue weighted by Crippen LogP contribution is 2.19. The normalized spacial score (nSPS) is 16.5. The van der Waals surface area contributed by atoms with Gasteiger partial charge in [-0.2, -0.15) is 0 Å². The van der Waals surface area contributed by atoms with Crippen molar-refractivity contribution in [2.75, 3.05) is 43.4 Å². The minimum Gasteiger partial charge on any atom is -0.369 e. The molecule has 0 aromatic heterocycles. The lowest BCUT2D eigenvalue weighted by Gasteiger charge is -2.34. The SMILES string of the molecule is CC/C(C)=C/NC(=O)Nc1ccc(N2CCN(C)CC2)cc1. The van der Waals surface area contributed by atoms with Crippen molar-refractivity contribution in [2.45, 2.75) is 20.3 Å². The second kappa shape index (κ2) is 7.84. The highest BCUT2D eigenvalue weighted by Gasteiger charge is 2.14. The third-order valence-corrected chi connectivity index (χ3v) is 4.00. The summed E-state index contributed by atoms with van der Waals surface area (Å²) in [5.41, 5.74) is 3.15. The zero-order chi connectivity index (χ0) is 15.9. The standard InChI is InChI=1S/C17H26N4O/c1-4-14(2)13-18-17(22)19-15-5-7-16(8-6-15)21-11-9-20(3)10-12-21/h5-8,13H,4,9-12H2,1-3H3,(H2,18,19,22)/b14-13+. The summed E-state index contributed by atoms with van der Waals surface area (Å²) in [5.74, 6) is 0. The fourth-order valence-corrected chi connectivity index (χ4v) is 2.28. The van der Waals surface area contributed by atoms with Gasteiger partial charge >= 0.3 is 6.03 Å². The second-order valence-electron chi connectivity index (χ2n) is 5.78. The number of nitrogens with one attached hydrogen (secondary N) is 2. The van der Waals surface area contributed by atoms with Crippen LogP contribution in [0.5, 0.6) is 0 Å². The van der Waals surface area contributed by atoms with Crippen LogP contribution in [0.1, 0.15) is 20.3 Å². The number of carbonyl (C=O) groups excluding carboxylic acids is 1. The number of likely N-dealkylation sites (N-methyl/N-ethyl adjacent to an activating group) is 1. The van der Waals surface area contributed by atoms with Crippen molar-refractivity contribution >= 4 is 17.4 Å². The highest BCUT2D eigenvalue weighted by atomic mass is 16.2. The summed E-state index contributed by atoms with van der Waals surface area (Å²) < 4.78 is 0. The fraction of sp³-hybridized carbons (Fsp3) is 0.471. The Morgan fingerprint density at radius 1 is 1.18 bits per heavy atom. The maximum absolute atomic E-state index is 11.8. The summed E-state index contributed by atoms with van der Waals surface area (Å²) in [6.45, 7) is 8.32. The molecule has 5 heteroatoms. The molecule has 1 heterocycles. The van der Waals surface area contributed by atoms with Crippen LogP contribution in [-0.4, -0.2) is 44.2 Å². The lowest BCUT2D eigenvalue weighted by Crippen LogP contribution is -2.44. The number of urea groups is 1. The maximum Gasteiger partial charge on any atom is 0.323 e. The van der Waals surface area contributed by atoms with E-state index in [9.17, 15) is 4.79 Å². The van der Waals surface area contributed by atoms with Crippen LogP contribution in [0.2, 0.25) is 0 Å². The zero-order valence-electron chi connectivity index (χ0n) is 13.7. The molecule has 2 N–H and O–H groups in total. The number of amides is 2. The Hall–Kier alpha value is -2.01. The molecule has 0 aliphatic carbocycles. The van der Waals surface area contributed by atoms with Gasteiger partial charge < -0.3 is 20.4 Å². The van der Waals surface area contributed by atoms with Crippen molar-refractivity contribution in [1.29, 1.82) is 0 Å². The summed E-state index contributed by atoms with van der Waals surface area (Å²) in [4.78, 5) is 16.5. The highest BCUT2D eigenvalue weighted by molar-refractivity contribution is 5.90. The van der Waals surface area contributed by atoms with Gasteiger partial charge in [0.2, 0.25) is 0 Å². The molecule has 1 aliphatic rings. The summed E-state index contributed by atoms with van der Waals surface area (Å²) in [6, 6.07) is 7.81. The average Bonchev–Trinajstić information content (AvgIpc) is 2.54. The number of rotatable bonds is 4. The van der Waals surface area contributed by atoms with Gasteiger partial charge in [-0.05, 0) is 44.7 Å². The van der Waals surface area contributed by atoms with Gasteiger partial charge in [0, 0.05) is 43.8 Å². The smallest absolute Gasteiger partial charge is 0.323 e. The van der Waals surface area contributed by atoms with Crippen LogP contribution in [0.4, 0.5) is 16.2 Å². The van der Waals surface area contributed by atoms with Crippen molar-refractivity contribution in [2.24, 2.45) is 0 Å². The van der Waals surface area contributed by atoms with Crippen molar-refractivity contribution < 1.29 is 4.79 Å². The predicted octanol–water partition coefficient (Wildman–Crippen LogP) is 2.87. The van der Waals surface area contributed by atoms with Crippen molar-refractivity contribution in [3.8, 4) is 0 Å². The number of anilines is 2. The molecule has 2 rings (SSSR count). The van der Waals surface area contributed by atoms with E-state index >= 15 is 0 Å². The molecule has 1 aromatic carbocycles. The number of allylic oxidation sites excluding steroid dienone is 1. The molecule has 1 fully saturated rings. The Bertz CT molecular complexity index is 516. The van der Waals surface area contributed by atoms with Crippen molar-refractivity contribution in [1.82, 2.24) is 10.2 Å². The zero-order valence-corrected chi connectivity index (χ0v) is 13.7. The minimum absolute atomic E-state index is 0.208. The lowest BCUT2D eigenvalue weighted by atomic mass is 10.2. The monoisotopic (exact) mass is 302 g/mol. The van der Waals surface area contributed by atoms with Gasteiger partial charge in [-0.1, -0.05) is 12.5 Å². The van der Waals surface area contributed by atoms with Crippen molar-refractivity contribution in [3.63, 3.8) is 0 Å². The minimum atomic E-state index is -0.208. The van der Waals surface area contributed by atoms with Gasteiger partial charge in [0.15, 0.2) is 0 Å². The molecule has 1 saturated heterocycles. The van der Waals surface area contributed by atoms with E-state index < -0.39 is 0 Å². The summed E-state index contributed by atoms with van der Waals surface area (Å²) in [7, 11) is 2.15. The number of hydrogen-bond acceptors (Lipinski definition) is 3. The van der Waals surface area contributed by atoms with Gasteiger partial charge in [-0.25, -0.2) is 4.79 Å². The van der Waals surface area contributed by atoms with Crippen LogP contribution in [0.25, 0.3) is 0 Å². The molecule has 1 aliphatic heterocycles. The van der Waals surface area contributed by atoms with E-state index in [2.05, 4.69) is 46.5 Å². The summed E-state index contributed by atoms with van der Waals surface area (Å²) >= 11 is 0. The van der Waals surface area contributed by atoms with Crippen LogP contribution < -0.4 is 15.5 Å². The molecule has 22 heavy (non-hydrogen) atoms. The molecule has 2 amide bonds. The third-order valence-electron chi connectivity index (χ3n) is 4.00. The van der Waals surface area contributed by atoms with E-state index in [0.29, 0.717) is 0 Å². The second-order valence-corrected chi connectivity index (χ2v) is 5.78. The predicted molar refractivity (Wildman–Crippen MR) is 92.4 cm³/mol. The van der Waals surface area contributed by atoms with Crippen LogP contribution >= 0.6 is 0 Å². The molecule has 0 radical (unpaired) electrons. The summed E-state index contributed by atoms with van der Waals surface area (Å²) in [6.07, 6.45) is 2.67. The quantitative estimate of drug-likeness (QED) is 0.899. The van der Waals surface area contributed by atoms with Gasteiger partial charge in [0.05, 0.1) is 0 Å².